The van der Waals surface area contributed by atoms with E-state index in [1.54, 1.807) is 18.7 Å². The standard InChI is InChI=1S/C17H16BrClO3S/c1-3-22-17(20)15-11(7-8-14(18)16(15)21-2)10-23-13-6-4-5-12(19)9-13/h4-9H,3,10H2,1-2H3. The fraction of sp³-hybridized carbons (Fsp3) is 0.235. The van der Waals surface area contributed by atoms with Crippen molar-refractivity contribution in [2.24, 2.45) is 0 Å². The normalized spacial score (nSPS) is 10.4. The molecule has 0 heterocycles. The van der Waals surface area contributed by atoms with Crippen LogP contribution in [-0.4, -0.2) is 19.7 Å². The third kappa shape index (κ3) is 4.66. The van der Waals surface area contributed by atoms with Gasteiger partial charge in [-0.2, -0.15) is 0 Å². The molecule has 0 fully saturated rings. The maximum atomic E-state index is 12.3. The molecule has 0 N–H and O–H groups in total. The van der Waals surface area contributed by atoms with E-state index in [2.05, 4.69) is 15.9 Å². The lowest BCUT2D eigenvalue weighted by atomic mass is 10.1. The lowest BCUT2D eigenvalue weighted by Gasteiger charge is -2.14. The Morgan fingerprint density at radius 2 is 2.09 bits per heavy atom. The first kappa shape index (κ1) is 18.2. The van der Waals surface area contributed by atoms with Crippen molar-refractivity contribution in [2.45, 2.75) is 17.6 Å². The molecule has 0 bridgehead atoms. The first-order chi connectivity index (χ1) is 11.1. The number of benzene rings is 2. The SMILES string of the molecule is CCOC(=O)c1c(CSc2cccc(Cl)c2)ccc(Br)c1OC. The zero-order valence-electron chi connectivity index (χ0n) is 12.8. The topological polar surface area (TPSA) is 35.5 Å². The number of hydrogen-bond acceptors (Lipinski definition) is 4. The minimum Gasteiger partial charge on any atom is -0.495 e. The van der Waals surface area contributed by atoms with Crippen molar-refractivity contribution in [3.05, 3.63) is 57.0 Å². The number of rotatable bonds is 6. The molecule has 0 aliphatic carbocycles. The van der Waals surface area contributed by atoms with Crippen LogP contribution in [-0.2, 0) is 10.5 Å². The van der Waals surface area contributed by atoms with Gasteiger partial charge in [0.2, 0.25) is 0 Å². The molecule has 0 unspecified atom stereocenters. The number of thioether (sulfide) groups is 1. The zero-order chi connectivity index (χ0) is 16.8. The smallest absolute Gasteiger partial charge is 0.342 e. The van der Waals surface area contributed by atoms with E-state index in [0.717, 1.165) is 14.9 Å². The Morgan fingerprint density at radius 3 is 2.74 bits per heavy atom. The van der Waals surface area contributed by atoms with Crippen LogP contribution in [0.3, 0.4) is 0 Å². The van der Waals surface area contributed by atoms with Crippen LogP contribution in [0.25, 0.3) is 0 Å². The molecular formula is C17H16BrClO3S. The number of hydrogen-bond donors (Lipinski definition) is 0. The highest BCUT2D eigenvalue weighted by Crippen LogP contribution is 2.35. The number of carbonyl (C=O) groups is 1. The van der Waals surface area contributed by atoms with Gasteiger partial charge in [-0.1, -0.05) is 23.7 Å². The molecule has 0 aromatic heterocycles. The third-order valence-corrected chi connectivity index (χ3v) is 4.97. The highest BCUT2D eigenvalue weighted by atomic mass is 79.9. The average molecular weight is 416 g/mol. The fourth-order valence-electron chi connectivity index (χ4n) is 2.06. The van der Waals surface area contributed by atoms with E-state index in [9.17, 15) is 4.79 Å². The molecule has 0 atom stereocenters. The predicted octanol–water partition coefficient (Wildman–Crippen LogP) is 5.58. The van der Waals surface area contributed by atoms with E-state index in [-0.39, 0.29) is 5.97 Å². The van der Waals surface area contributed by atoms with Gasteiger partial charge >= 0.3 is 5.97 Å². The molecule has 23 heavy (non-hydrogen) atoms. The molecule has 122 valence electrons. The second-order valence-electron chi connectivity index (χ2n) is 4.58. The summed E-state index contributed by atoms with van der Waals surface area (Å²) in [6, 6.07) is 11.4. The Hall–Kier alpha value is -1.17. The molecular weight excluding hydrogens is 400 g/mol. The largest absolute Gasteiger partial charge is 0.495 e. The summed E-state index contributed by atoms with van der Waals surface area (Å²) in [5.74, 6) is 0.720. The Labute approximate surface area is 153 Å². The number of methoxy groups -OCH3 is 1. The Bertz CT molecular complexity index is 706. The summed E-state index contributed by atoms with van der Waals surface area (Å²) in [6.45, 7) is 2.10. The molecule has 0 aliphatic rings. The monoisotopic (exact) mass is 414 g/mol. The summed E-state index contributed by atoms with van der Waals surface area (Å²) in [6.07, 6.45) is 0. The van der Waals surface area contributed by atoms with E-state index in [1.807, 2.05) is 36.4 Å². The number of halogens is 2. The van der Waals surface area contributed by atoms with E-state index >= 15 is 0 Å². The van der Waals surface area contributed by atoms with Crippen molar-refractivity contribution in [3.8, 4) is 5.75 Å². The third-order valence-electron chi connectivity index (χ3n) is 3.07. The highest BCUT2D eigenvalue weighted by Gasteiger charge is 2.21. The predicted molar refractivity (Wildman–Crippen MR) is 97.7 cm³/mol. The van der Waals surface area contributed by atoms with Crippen LogP contribution in [0, 0.1) is 0 Å². The number of ether oxygens (including phenoxy) is 2. The van der Waals surface area contributed by atoms with Crippen molar-refractivity contribution in [3.63, 3.8) is 0 Å². The Balaban J connectivity index is 2.31. The van der Waals surface area contributed by atoms with Gasteiger partial charge in [0.25, 0.3) is 0 Å². The first-order valence-corrected chi connectivity index (χ1v) is 9.13. The Morgan fingerprint density at radius 1 is 1.30 bits per heavy atom. The van der Waals surface area contributed by atoms with Gasteiger partial charge in [-0.15, -0.1) is 11.8 Å². The summed E-state index contributed by atoms with van der Waals surface area (Å²) in [5, 5.41) is 0.689. The second kappa shape index (κ2) is 8.62. The zero-order valence-corrected chi connectivity index (χ0v) is 15.9. The van der Waals surface area contributed by atoms with Crippen molar-refractivity contribution in [2.75, 3.05) is 13.7 Å². The van der Waals surface area contributed by atoms with Crippen molar-refractivity contribution in [1.82, 2.24) is 0 Å². The lowest BCUT2D eigenvalue weighted by Crippen LogP contribution is -2.10. The van der Waals surface area contributed by atoms with Crippen molar-refractivity contribution in [1.29, 1.82) is 0 Å². The second-order valence-corrected chi connectivity index (χ2v) is 6.92. The molecule has 3 nitrogen and oxygen atoms in total. The van der Waals surface area contributed by atoms with Crippen LogP contribution in [0.5, 0.6) is 5.75 Å². The van der Waals surface area contributed by atoms with E-state index in [1.165, 1.54) is 7.11 Å². The van der Waals surface area contributed by atoms with Gasteiger partial charge < -0.3 is 9.47 Å². The minimum absolute atomic E-state index is 0.315. The molecule has 0 saturated heterocycles. The van der Waals surface area contributed by atoms with Gasteiger partial charge in [-0.25, -0.2) is 4.79 Å². The summed E-state index contributed by atoms with van der Waals surface area (Å²) < 4.78 is 11.3. The molecule has 0 aliphatic heterocycles. The van der Waals surface area contributed by atoms with Gasteiger partial charge in [0.15, 0.2) is 0 Å². The minimum atomic E-state index is -0.382. The van der Waals surface area contributed by atoms with E-state index in [0.29, 0.717) is 28.7 Å². The highest BCUT2D eigenvalue weighted by molar-refractivity contribution is 9.10. The summed E-state index contributed by atoms with van der Waals surface area (Å²) >= 11 is 11.0. The summed E-state index contributed by atoms with van der Waals surface area (Å²) in [5.41, 5.74) is 1.31. The maximum absolute atomic E-state index is 12.3. The van der Waals surface area contributed by atoms with E-state index in [4.69, 9.17) is 21.1 Å². The molecule has 0 radical (unpaired) electrons. The van der Waals surface area contributed by atoms with Crippen molar-refractivity contribution >= 4 is 45.3 Å². The summed E-state index contributed by atoms with van der Waals surface area (Å²) in [4.78, 5) is 13.3. The van der Waals surface area contributed by atoms with Gasteiger partial charge in [-0.3, -0.25) is 0 Å². The van der Waals surface area contributed by atoms with Gasteiger partial charge in [0.05, 0.1) is 18.2 Å². The number of esters is 1. The Kier molecular flexibility index (Phi) is 6.81. The average Bonchev–Trinajstić information content (AvgIpc) is 2.53. The van der Waals surface area contributed by atoms with Crippen LogP contribution in [0.15, 0.2) is 45.8 Å². The summed E-state index contributed by atoms with van der Waals surface area (Å²) in [7, 11) is 1.54. The molecule has 2 rings (SSSR count). The lowest BCUT2D eigenvalue weighted by molar-refractivity contribution is 0.0521. The molecule has 0 spiro atoms. The van der Waals surface area contributed by atoms with Gasteiger partial charge in [-0.05, 0) is 52.7 Å². The number of carbonyl (C=O) groups excluding carboxylic acids is 1. The van der Waals surface area contributed by atoms with Crippen molar-refractivity contribution < 1.29 is 14.3 Å². The van der Waals surface area contributed by atoms with E-state index < -0.39 is 0 Å². The quantitative estimate of drug-likeness (QED) is 0.456. The molecule has 0 amide bonds. The molecule has 0 saturated carbocycles. The van der Waals surface area contributed by atoms with Crippen LogP contribution >= 0.6 is 39.3 Å². The molecule has 2 aromatic carbocycles. The van der Waals surface area contributed by atoms with Crippen LogP contribution < -0.4 is 4.74 Å². The van der Waals surface area contributed by atoms with Gasteiger partial charge in [0, 0.05) is 15.7 Å². The van der Waals surface area contributed by atoms with Gasteiger partial charge in [0.1, 0.15) is 11.3 Å². The van der Waals surface area contributed by atoms with Crippen LogP contribution in [0.1, 0.15) is 22.8 Å². The van der Waals surface area contributed by atoms with Crippen LogP contribution in [0.4, 0.5) is 0 Å². The fourth-order valence-corrected chi connectivity index (χ4v) is 3.76. The maximum Gasteiger partial charge on any atom is 0.342 e. The molecule has 2 aromatic rings. The van der Waals surface area contributed by atoms with Crippen LogP contribution in [0.2, 0.25) is 5.02 Å². The first-order valence-electron chi connectivity index (χ1n) is 6.97. The molecule has 6 heteroatoms.